The molecule has 0 saturated carbocycles. The highest BCUT2D eigenvalue weighted by atomic mass is 15.2. The molecule has 0 bridgehead atoms. The minimum atomic E-state index is -0.169. The van der Waals surface area contributed by atoms with Gasteiger partial charge in [0.25, 0.3) is 0 Å². The Hall–Kier alpha value is -4.04. The van der Waals surface area contributed by atoms with E-state index in [-0.39, 0.29) is 23.0 Å². The Morgan fingerprint density at radius 1 is 0.426 bits per heavy atom. The van der Waals surface area contributed by atoms with E-state index in [0.29, 0.717) is 0 Å². The van der Waals surface area contributed by atoms with Gasteiger partial charge in [-0.1, -0.05) is 164 Å². The second-order valence-electron chi connectivity index (χ2n) is 16.6. The normalized spacial score (nSPS) is 17.0. The zero-order valence-corrected chi connectivity index (χ0v) is 30.5. The molecular formula is C45H48BN. The number of hydrogen-bond donors (Lipinski definition) is 0. The van der Waals surface area contributed by atoms with Crippen LogP contribution in [0.25, 0.3) is 0 Å². The highest BCUT2D eigenvalue weighted by molar-refractivity contribution is 6.96. The molecule has 3 heterocycles. The predicted molar refractivity (Wildman–Crippen MR) is 203 cm³/mol. The van der Waals surface area contributed by atoms with Gasteiger partial charge in [0.15, 0.2) is 0 Å². The molecule has 0 saturated heterocycles. The third-order valence-corrected chi connectivity index (χ3v) is 12.3. The van der Waals surface area contributed by atoms with Crippen LogP contribution in [0.3, 0.4) is 0 Å². The molecule has 47 heavy (non-hydrogen) atoms. The van der Waals surface area contributed by atoms with Crippen molar-refractivity contribution >= 4 is 40.2 Å². The largest absolute Gasteiger partial charge is 0.309 e. The lowest BCUT2D eigenvalue weighted by Crippen LogP contribution is -2.57. The molecule has 5 aromatic rings. The van der Waals surface area contributed by atoms with Crippen molar-refractivity contribution in [1.82, 2.24) is 0 Å². The number of para-hydroxylation sites is 2. The quantitative estimate of drug-likeness (QED) is 0.183. The molecule has 8 rings (SSSR count). The van der Waals surface area contributed by atoms with Crippen LogP contribution in [0.2, 0.25) is 0 Å². The number of hydrogen-bond acceptors (Lipinski definition) is 1. The zero-order valence-electron chi connectivity index (χ0n) is 30.5. The van der Waals surface area contributed by atoms with Gasteiger partial charge in [-0.15, -0.1) is 0 Å². The Morgan fingerprint density at radius 3 is 1.06 bits per heavy atom. The third kappa shape index (κ3) is 3.85. The number of rotatable bonds is 3. The topological polar surface area (TPSA) is 3.24 Å². The third-order valence-electron chi connectivity index (χ3n) is 12.3. The molecule has 0 fully saturated rings. The maximum Gasteiger partial charge on any atom is 0.242 e. The van der Waals surface area contributed by atoms with Gasteiger partial charge in [0, 0.05) is 16.2 Å². The molecule has 0 aromatic heterocycles. The van der Waals surface area contributed by atoms with Crippen molar-refractivity contribution < 1.29 is 0 Å². The first-order chi connectivity index (χ1) is 22.1. The molecule has 1 nitrogen and oxygen atoms in total. The smallest absolute Gasteiger partial charge is 0.242 e. The van der Waals surface area contributed by atoms with Crippen molar-refractivity contribution in [3.8, 4) is 0 Å². The van der Waals surface area contributed by atoms with Gasteiger partial charge >= 0.3 is 0 Å². The van der Waals surface area contributed by atoms with Crippen molar-refractivity contribution in [1.29, 1.82) is 0 Å². The monoisotopic (exact) mass is 613 g/mol. The highest BCUT2D eigenvalue weighted by Crippen LogP contribution is 2.65. The Bertz CT molecular complexity index is 2000. The Kier molecular flexibility index (Phi) is 6.15. The molecule has 0 atom stereocenters. The Balaban J connectivity index is 1.52. The minimum absolute atomic E-state index is 0.0830. The van der Waals surface area contributed by atoms with Gasteiger partial charge in [0.1, 0.15) is 0 Å². The van der Waals surface area contributed by atoms with E-state index in [1.165, 1.54) is 100 Å². The van der Waals surface area contributed by atoms with Crippen LogP contribution < -0.4 is 21.3 Å². The van der Waals surface area contributed by atoms with E-state index in [0.717, 1.165) is 0 Å². The van der Waals surface area contributed by atoms with Gasteiger partial charge in [-0.3, -0.25) is 0 Å². The first-order valence-electron chi connectivity index (χ1n) is 17.5. The summed E-state index contributed by atoms with van der Waals surface area (Å²) in [6.07, 6.45) is 0. The summed E-state index contributed by atoms with van der Waals surface area (Å²) in [4.78, 5) is 2.69. The molecule has 0 spiro atoms. The molecule has 3 aliphatic heterocycles. The average molecular weight is 614 g/mol. The fraction of sp³-hybridized carbons (Fsp3) is 0.333. The fourth-order valence-electron chi connectivity index (χ4n) is 10.1. The summed E-state index contributed by atoms with van der Waals surface area (Å²) in [6, 6.07) is 28.9. The fourth-order valence-corrected chi connectivity index (χ4v) is 10.1. The first kappa shape index (κ1) is 30.3. The Labute approximate surface area is 283 Å². The van der Waals surface area contributed by atoms with Gasteiger partial charge in [0.05, 0.1) is 17.1 Å². The van der Waals surface area contributed by atoms with E-state index in [2.05, 4.69) is 161 Å². The van der Waals surface area contributed by atoms with Gasteiger partial charge in [-0.2, -0.15) is 0 Å². The van der Waals surface area contributed by atoms with Crippen LogP contribution in [0, 0.1) is 41.5 Å². The molecule has 0 unspecified atom stereocenters. The van der Waals surface area contributed by atoms with Crippen molar-refractivity contribution in [2.75, 3.05) is 4.90 Å². The van der Waals surface area contributed by atoms with Gasteiger partial charge < -0.3 is 4.90 Å². The minimum Gasteiger partial charge on any atom is -0.309 e. The molecule has 0 radical (unpaired) electrons. The second kappa shape index (κ2) is 9.53. The molecule has 3 aliphatic rings. The van der Waals surface area contributed by atoms with Gasteiger partial charge in [0.2, 0.25) is 6.71 Å². The average Bonchev–Trinajstić information content (AvgIpc) is 2.98. The predicted octanol–water partition coefficient (Wildman–Crippen LogP) is 9.44. The molecule has 0 N–H and O–H groups in total. The van der Waals surface area contributed by atoms with Crippen molar-refractivity contribution in [2.45, 2.75) is 99.3 Å². The molecule has 5 aromatic carbocycles. The number of aryl methyl sites for hydroxylation is 6. The van der Waals surface area contributed by atoms with Crippen LogP contribution in [0.15, 0.2) is 72.8 Å². The zero-order chi connectivity index (χ0) is 33.5. The summed E-state index contributed by atoms with van der Waals surface area (Å²) < 4.78 is 0. The van der Waals surface area contributed by atoms with Crippen LogP contribution in [-0.2, 0) is 16.2 Å². The molecule has 0 amide bonds. The lowest BCUT2D eigenvalue weighted by Gasteiger charge is -2.55. The van der Waals surface area contributed by atoms with Crippen LogP contribution in [-0.4, -0.2) is 6.71 Å². The van der Waals surface area contributed by atoms with E-state index < -0.39 is 0 Å². The summed E-state index contributed by atoms with van der Waals surface area (Å²) in [7, 11) is 0. The highest BCUT2D eigenvalue weighted by Gasteiger charge is 2.52. The van der Waals surface area contributed by atoms with Crippen LogP contribution in [0.4, 0.5) is 17.1 Å². The first-order valence-corrected chi connectivity index (χ1v) is 17.5. The van der Waals surface area contributed by atoms with Crippen molar-refractivity contribution in [3.63, 3.8) is 0 Å². The molecule has 236 valence electrons. The lowest BCUT2D eigenvalue weighted by atomic mass is 9.33. The summed E-state index contributed by atoms with van der Waals surface area (Å²) in [5.74, 6) is 0. The van der Waals surface area contributed by atoms with E-state index in [4.69, 9.17) is 0 Å². The van der Waals surface area contributed by atoms with E-state index in [1.807, 2.05) is 0 Å². The maximum absolute atomic E-state index is 2.69. The van der Waals surface area contributed by atoms with Crippen LogP contribution in [0.5, 0.6) is 0 Å². The van der Waals surface area contributed by atoms with E-state index in [9.17, 15) is 0 Å². The number of benzene rings is 5. The van der Waals surface area contributed by atoms with Crippen molar-refractivity contribution in [3.05, 3.63) is 140 Å². The standard InChI is InChI=1S/C45H48BN/c1-25-19-27(3)38(28(4)20-25)46(39-29(5)21-26(2)22-30(39)6)31-23-36-42-37(24-31)45(11,12)35-18-14-16-33-41(35)47(42)40-32(43(33,7)8)15-13-17-34(40)44(36,9)10/h13-24H,1-12H3. The summed E-state index contributed by atoms with van der Waals surface area (Å²) >= 11 is 0. The summed E-state index contributed by atoms with van der Waals surface area (Å²) in [5.41, 5.74) is 24.9. The van der Waals surface area contributed by atoms with Crippen LogP contribution in [0.1, 0.15) is 108 Å². The molecule has 0 aliphatic carbocycles. The number of nitrogens with zero attached hydrogens (tertiary/aromatic N) is 1. The number of anilines is 3. The van der Waals surface area contributed by atoms with Crippen molar-refractivity contribution in [2.24, 2.45) is 0 Å². The summed E-state index contributed by atoms with van der Waals surface area (Å²) in [6.45, 7) is 28.6. The molecule has 2 heteroatoms. The van der Waals surface area contributed by atoms with E-state index in [1.54, 1.807) is 0 Å². The second-order valence-corrected chi connectivity index (χ2v) is 16.6. The van der Waals surface area contributed by atoms with E-state index >= 15 is 0 Å². The maximum atomic E-state index is 2.69. The van der Waals surface area contributed by atoms with Gasteiger partial charge in [-0.05, 0) is 74.9 Å². The molecular weight excluding hydrogens is 565 g/mol. The SMILES string of the molecule is Cc1cc(C)c(B(c2cc3c4c(c2)C(C)(C)c2cccc5c2N4c2c(cccc2C3(C)C)C5(C)C)c2c(C)cc(C)cc2C)c(C)c1. The van der Waals surface area contributed by atoms with Gasteiger partial charge in [-0.25, -0.2) is 0 Å². The Morgan fingerprint density at radius 2 is 0.723 bits per heavy atom. The van der Waals surface area contributed by atoms with Crippen LogP contribution >= 0.6 is 0 Å². The summed E-state index contributed by atoms with van der Waals surface area (Å²) in [5, 5.41) is 0. The lowest BCUT2D eigenvalue weighted by molar-refractivity contribution is 0.567.